The third-order valence-electron chi connectivity index (χ3n) is 0. The summed E-state index contributed by atoms with van der Waals surface area (Å²) in [4.78, 5) is 21.6. The first-order valence-electron chi connectivity index (χ1n) is 0.783. The van der Waals surface area contributed by atoms with E-state index in [1.807, 2.05) is 0 Å². The number of hydrogen-bond acceptors (Lipinski definition) is 3. The maximum atomic E-state index is 8.88. The molecule has 0 radical (unpaired) electrons. The number of hydrogen-bond donors (Lipinski definition) is 5. The molecule has 52 valence electrons. The van der Waals surface area contributed by atoms with Crippen molar-refractivity contribution in [3.8, 4) is 0 Å². The molecule has 0 aliphatic carbocycles. The number of rotatable bonds is 0. The molecule has 0 aliphatic heterocycles. The molecule has 8 heteroatoms. The summed E-state index contributed by atoms with van der Waals surface area (Å²) in [5.74, 6) is 0. The molecule has 9 N–H and O–H groups in total. The van der Waals surface area contributed by atoms with E-state index in [2.05, 4.69) is 0 Å². The Morgan fingerprint density at radius 1 is 1.00 bits per heavy atom. The zero-order valence-corrected chi connectivity index (χ0v) is 4.51. The Balaban J connectivity index is -0.0000000267. The van der Waals surface area contributed by atoms with Crippen molar-refractivity contribution in [1.29, 1.82) is 0 Å². The first-order chi connectivity index (χ1) is 2.00. The smallest absolute Gasteiger partial charge is 0.344 e. The Labute approximate surface area is 62.8 Å². The Hall–Kier alpha value is 0.796. The van der Waals surface area contributed by atoms with E-state index in [1.165, 1.54) is 0 Å². The molecule has 0 rings (SSSR count). The molecule has 0 bridgehead atoms. The van der Waals surface area contributed by atoms with Crippen LogP contribution in [0.2, 0.25) is 0 Å². The van der Waals surface area contributed by atoms with Crippen molar-refractivity contribution in [1.82, 2.24) is 12.3 Å². The van der Waals surface area contributed by atoms with Gasteiger partial charge in [-0.1, -0.05) is 0 Å². The molecule has 0 aliphatic rings. The third-order valence-corrected chi connectivity index (χ3v) is 0. The highest BCUT2D eigenvalue weighted by atomic mass is 31.2. The molecule has 8 heavy (non-hydrogen) atoms. The second-order valence-corrected chi connectivity index (χ2v) is 1.54. The van der Waals surface area contributed by atoms with Gasteiger partial charge in [-0.3, -0.25) is 0 Å². The van der Waals surface area contributed by atoms with Crippen LogP contribution in [0.15, 0.2) is 0 Å². The van der Waals surface area contributed by atoms with Gasteiger partial charge in [0.1, 0.15) is 0 Å². The van der Waals surface area contributed by atoms with Gasteiger partial charge in [-0.15, -0.1) is 0 Å². The van der Waals surface area contributed by atoms with Crippen LogP contribution in [0, 0.1) is 0 Å². The van der Waals surface area contributed by atoms with Gasteiger partial charge in [-0.05, 0) is 0 Å². The van der Waals surface area contributed by atoms with Gasteiger partial charge in [0.2, 0.25) is 0 Å². The lowest BCUT2D eigenvalue weighted by molar-refractivity contribution is 0.275. The first-order valence-corrected chi connectivity index (χ1v) is 2.35. The summed E-state index contributed by atoms with van der Waals surface area (Å²) >= 11 is 0. The van der Waals surface area contributed by atoms with Crippen molar-refractivity contribution < 1.29 is 19.2 Å². The molecule has 0 atom stereocenters. The van der Waals surface area contributed by atoms with Gasteiger partial charge in [0.25, 0.3) is 0 Å². The fraction of sp³-hybridized carbons (Fsp3) is 0. The Bertz CT molecular complexity index is 60.2. The maximum Gasteiger partial charge on any atom is 0.466 e. The average Bonchev–Trinajstić information content (AvgIpc) is 0.722. The molecule has 6 nitrogen and oxygen atoms in total. The van der Waals surface area contributed by atoms with Crippen molar-refractivity contribution in [2.45, 2.75) is 0 Å². The summed E-state index contributed by atoms with van der Waals surface area (Å²) in [5, 5.41) is 0. The monoisotopic (exact) mass is 158 g/mol. The average molecular weight is 158 g/mol. The van der Waals surface area contributed by atoms with Crippen molar-refractivity contribution in [3.05, 3.63) is 0 Å². The lowest BCUT2D eigenvalue weighted by atomic mass is 14.0. The normalized spacial score (nSPS) is 7.38. The quantitative estimate of drug-likeness (QED) is 0.213. The molecule has 0 amide bonds. The van der Waals surface area contributed by atoms with Gasteiger partial charge in [-0.25, -0.2) is 4.57 Å². The molecule has 0 aromatic carbocycles. The van der Waals surface area contributed by atoms with E-state index in [1.54, 1.807) is 0 Å². The van der Waals surface area contributed by atoms with E-state index in [-0.39, 0.29) is 35.4 Å². The van der Waals surface area contributed by atoms with Crippen LogP contribution in [0.3, 0.4) is 0 Å². The zero-order valence-electron chi connectivity index (χ0n) is 3.61. The van der Waals surface area contributed by atoms with Crippen molar-refractivity contribution in [2.75, 3.05) is 0 Å². The topological polar surface area (TPSA) is 148 Å². The van der Waals surface area contributed by atoms with Crippen LogP contribution in [-0.4, -0.2) is 37.7 Å². The molecular formula is H11MgN2O4P. The van der Waals surface area contributed by atoms with Gasteiger partial charge in [0.05, 0.1) is 0 Å². The molecule has 0 unspecified atom stereocenters. The molecule has 0 saturated heterocycles. The standard InChI is InChI=1S/Mg.2H3N.H3O4P.2H/c;;;1-5(2,3)4;;/h;2*1H3;(H3,1,2,3,4);;. The Kier molecular flexibility index (Phi) is 22.6. The van der Waals surface area contributed by atoms with Gasteiger partial charge in [-0.2, -0.15) is 0 Å². The third kappa shape index (κ3) is 360. The summed E-state index contributed by atoms with van der Waals surface area (Å²) in [5.41, 5.74) is 0. The van der Waals surface area contributed by atoms with E-state index < -0.39 is 7.82 Å². The maximum absolute atomic E-state index is 8.88. The summed E-state index contributed by atoms with van der Waals surface area (Å²) in [6.07, 6.45) is 0. The Morgan fingerprint density at radius 2 is 1.00 bits per heavy atom. The van der Waals surface area contributed by atoms with E-state index in [0.717, 1.165) is 0 Å². The highest BCUT2D eigenvalue weighted by Gasteiger charge is 2.00. The predicted molar refractivity (Wildman–Crippen MR) is 32.9 cm³/mol. The minimum absolute atomic E-state index is 0. The second-order valence-electron chi connectivity index (χ2n) is 0.513. The summed E-state index contributed by atoms with van der Waals surface area (Å²) in [7, 11) is -4.64. The minimum atomic E-state index is -4.64. The fourth-order valence-electron chi connectivity index (χ4n) is 0. The van der Waals surface area contributed by atoms with Crippen LogP contribution in [0.1, 0.15) is 0 Å². The largest absolute Gasteiger partial charge is 0.466 e. The van der Waals surface area contributed by atoms with E-state index in [0.29, 0.717) is 0 Å². The molecule has 0 aromatic rings. The molecule has 0 aromatic heterocycles. The fourth-order valence-corrected chi connectivity index (χ4v) is 0. The first kappa shape index (κ1) is 23.2. The number of phosphoric acid groups is 1. The molecule has 0 spiro atoms. The molecular weight excluding hydrogens is 147 g/mol. The second kappa shape index (κ2) is 7.80. The van der Waals surface area contributed by atoms with E-state index >= 15 is 0 Å². The molecule has 0 saturated carbocycles. The summed E-state index contributed by atoms with van der Waals surface area (Å²) < 4.78 is 8.88. The van der Waals surface area contributed by atoms with Crippen molar-refractivity contribution in [2.24, 2.45) is 0 Å². The lowest BCUT2D eigenvalue weighted by Gasteiger charge is -1.82. The van der Waals surface area contributed by atoms with Crippen LogP contribution >= 0.6 is 7.82 Å². The highest BCUT2D eigenvalue weighted by molar-refractivity contribution is 7.45. The van der Waals surface area contributed by atoms with Crippen LogP contribution in [0.25, 0.3) is 0 Å². The van der Waals surface area contributed by atoms with Crippen LogP contribution < -0.4 is 12.3 Å². The summed E-state index contributed by atoms with van der Waals surface area (Å²) in [6.45, 7) is 0. The lowest BCUT2D eigenvalue weighted by Crippen LogP contribution is -1.66. The Morgan fingerprint density at radius 3 is 1.00 bits per heavy atom. The van der Waals surface area contributed by atoms with Gasteiger partial charge in [0, 0.05) is 0 Å². The van der Waals surface area contributed by atoms with Crippen LogP contribution in [0.4, 0.5) is 0 Å². The zero-order chi connectivity index (χ0) is 4.50. The van der Waals surface area contributed by atoms with Crippen molar-refractivity contribution in [3.63, 3.8) is 0 Å². The molecule has 0 heterocycles. The van der Waals surface area contributed by atoms with Gasteiger partial charge in [0.15, 0.2) is 0 Å². The van der Waals surface area contributed by atoms with E-state index in [4.69, 9.17) is 19.2 Å². The van der Waals surface area contributed by atoms with Gasteiger partial charge >= 0.3 is 30.9 Å². The SMILES string of the molecule is N.N.O=P(O)(O)O.[MgH2]. The van der Waals surface area contributed by atoms with Gasteiger partial charge < -0.3 is 27.0 Å². The highest BCUT2D eigenvalue weighted by Crippen LogP contribution is 2.25. The van der Waals surface area contributed by atoms with Crippen LogP contribution in [-0.2, 0) is 4.57 Å². The van der Waals surface area contributed by atoms with Crippen LogP contribution in [0.5, 0.6) is 0 Å². The van der Waals surface area contributed by atoms with Crippen molar-refractivity contribution >= 4 is 30.9 Å². The van der Waals surface area contributed by atoms with E-state index in [9.17, 15) is 0 Å². The minimum Gasteiger partial charge on any atom is -0.344 e. The predicted octanol–water partition coefficient (Wildman–Crippen LogP) is -1.52. The summed E-state index contributed by atoms with van der Waals surface area (Å²) in [6, 6.07) is 0. The molecule has 0 fully saturated rings.